The maximum atomic E-state index is 11.3. The molecule has 128 valence electrons. The third kappa shape index (κ3) is 3.12. The van der Waals surface area contributed by atoms with Gasteiger partial charge in [0.1, 0.15) is 0 Å². The Morgan fingerprint density at radius 3 is 3.00 bits per heavy atom. The van der Waals surface area contributed by atoms with E-state index in [2.05, 4.69) is 20.5 Å². The predicted molar refractivity (Wildman–Crippen MR) is 98.5 cm³/mol. The molecule has 0 fully saturated rings. The lowest BCUT2D eigenvalue weighted by Crippen LogP contribution is -2.24. The molecule has 1 aliphatic carbocycles. The van der Waals surface area contributed by atoms with Crippen LogP contribution in [0.25, 0.3) is 15.8 Å². The van der Waals surface area contributed by atoms with Crippen molar-refractivity contribution in [3.63, 3.8) is 0 Å². The number of primary amides is 1. The maximum absolute atomic E-state index is 11.3. The van der Waals surface area contributed by atoms with Gasteiger partial charge in [-0.2, -0.15) is 5.10 Å². The molecular weight excluding hydrogens is 336 g/mol. The maximum Gasteiger partial charge on any atom is 0.220 e. The third-order valence-corrected chi connectivity index (χ3v) is 5.27. The molecule has 4 N–H and O–H groups in total. The number of nitrogens with one attached hydrogen (secondary N) is 2. The molecule has 4 rings (SSSR count). The summed E-state index contributed by atoms with van der Waals surface area (Å²) < 4.78 is 0.996. The number of amides is 1. The molecule has 1 unspecified atom stereocenters. The molecule has 3 heterocycles. The van der Waals surface area contributed by atoms with Crippen LogP contribution in [-0.4, -0.2) is 26.1 Å². The number of allylic oxidation sites excluding steroid dienone is 2. The minimum absolute atomic E-state index is 0.0849. The molecule has 7 nitrogen and oxygen atoms in total. The predicted octanol–water partition coefficient (Wildman–Crippen LogP) is 3.14. The van der Waals surface area contributed by atoms with Crippen LogP contribution in [0.3, 0.4) is 0 Å². The lowest BCUT2D eigenvalue weighted by molar-refractivity contribution is -0.121. The van der Waals surface area contributed by atoms with Crippen LogP contribution in [-0.2, 0) is 4.79 Å². The zero-order valence-electron chi connectivity index (χ0n) is 13.7. The van der Waals surface area contributed by atoms with E-state index >= 15 is 0 Å². The summed E-state index contributed by atoms with van der Waals surface area (Å²) >= 11 is 1.59. The topological polar surface area (TPSA) is 110 Å². The number of aryl methyl sites for hydroxylation is 1. The molecule has 0 radical (unpaired) electrons. The monoisotopic (exact) mass is 354 g/mol. The molecular formula is C17H18N6OS. The first-order chi connectivity index (χ1) is 12.1. The molecule has 25 heavy (non-hydrogen) atoms. The number of nitrogens with zero attached hydrogens (tertiary/aromatic N) is 3. The zero-order valence-corrected chi connectivity index (χ0v) is 14.6. The van der Waals surface area contributed by atoms with Gasteiger partial charge in [0, 0.05) is 17.7 Å². The summed E-state index contributed by atoms with van der Waals surface area (Å²) in [6.45, 7) is 1.95. The molecule has 1 atom stereocenters. The minimum Gasteiger partial charge on any atom is -0.369 e. The van der Waals surface area contributed by atoms with Crippen molar-refractivity contribution in [3.05, 3.63) is 35.1 Å². The molecule has 1 amide bonds. The summed E-state index contributed by atoms with van der Waals surface area (Å²) in [6, 6.07) is 3.92. The van der Waals surface area contributed by atoms with Crippen molar-refractivity contribution in [1.29, 1.82) is 0 Å². The number of carbonyl (C=O) groups excluding carboxylic acids is 1. The number of anilines is 2. The fourth-order valence-corrected chi connectivity index (χ4v) is 3.77. The smallest absolute Gasteiger partial charge is 0.220 e. The summed E-state index contributed by atoms with van der Waals surface area (Å²) in [4.78, 5) is 20.7. The van der Waals surface area contributed by atoms with Gasteiger partial charge in [0.05, 0.1) is 10.2 Å². The summed E-state index contributed by atoms with van der Waals surface area (Å²) in [7, 11) is 0. The van der Waals surface area contributed by atoms with E-state index in [1.165, 1.54) is 0 Å². The Hall–Kier alpha value is -2.74. The number of thiophene rings is 1. The van der Waals surface area contributed by atoms with E-state index in [1.54, 1.807) is 11.3 Å². The number of nitrogens with two attached hydrogens (primary N) is 1. The van der Waals surface area contributed by atoms with Crippen LogP contribution in [0.5, 0.6) is 0 Å². The quantitative estimate of drug-likeness (QED) is 0.667. The summed E-state index contributed by atoms with van der Waals surface area (Å²) in [5.41, 5.74) is 8.35. The SMILES string of the molecule is Cc1cc(Nc2nc(C3=CCC(C(N)=O)CC3)nc3ccsc23)n[nH]1. The first-order valence-electron chi connectivity index (χ1n) is 8.13. The highest BCUT2D eigenvalue weighted by Crippen LogP contribution is 2.33. The van der Waals surface area contributed by atoms with Crippen molar-refractivity contribution in [3.8, 4) is 0 Å². The molecule has 1 aliphatic rings. The number of hydrogen-bond donors (Lipinski definition) is 3. The Labute approximate surface area is 148 Å². The third-order valence-electron chi connectivity index (χ3n) is 4.36. The minimum atomic E-state index is -0.235. The molecule has 3 aromatic rings. The van der Waals surface area contributed by atoms with Crippen LogP contribution in [0.15, 0.2) is 23.6 Å². The number of H-pyrrole nitrogens is 1. The van der Waals surface area contributed by atoms with E-state index in [4.69, 9.17) is 10.7 Å². The van der Waals surface area contributed by atoms with Gasteiger partial charge >= 0.3 is 0 Å². The fraction of sp³-hybridized carbons (Fsp3) is 0.294. The van der Waals surface area contributed by atoms with Gasteiger partial charge in [0.15, 0.2) is 17.5 Å². The van der Waals surface area contributed by atoms with Crippen LogP contribution in [0.2, 0.25) is 0 Å². The van der Waals surface area contributed by atoms with E-state index in [0.29, 0.717) is 12.2 Å². The second kappa shape index (κ2) is 6.29. The van der Waals surface area contributed by atoms with E-state index in [9.17, 15) is 4.79 Å². The largest absolute Gasteiger partial charge is 0.369 e. The van der Waals surface area contributed by atoms with Crippen molar-refractivity contribution in [2.24, 2.45) is 11.7 Å². The highest BCUT2D eigenvalue weighted by Gasteiger charge is 2.22. The average molecular weight is 354 g/mol. The van der Waals surface area contributed by atoms with Gasteiger partial charge in [-0.25, -0.2) is 9.97 Å². The van der Waals surface area contributed by atoms with Gasteiger partial charge in [-0.3, -0.25) is 9.89 Å². The van der Waals surface area contributed by atoms with Crippen LogP contribution in [0.4, 0.5) is 11.6 Å². The van der Waals surface area contributed by atoms with Crippen molar-refractivity contribution >= 4 is 44.7 Å². The molecule has 0 bridgehead atoms. The van der Waals surface area contributed by atoms with Gasteiger partial charge in [-0.05, 0) is 43.2 Å². The van der Waals surface area contributed by atoms with Crippen molar-refractivity contribution < 1.29 is 4.79 Å². The summed E-state index contributed by atoms with van der Waals surface area (Å²) in [6.07, 6.45) is 4.18. The summed E-state index contributed by atoms with van der Waals surface area (Å²) in [5.74, 6) is 1.85. The Morgan fingerprint density at radius 2 is 2.32 bits per heavy atom. The Kier molecular flexibility index (Phi) is 3.96. The summed E-state index contributed by atoms with van der Waals surface area (Å²) in [5, 5.41) is 12.4. The van der Waals surface area contributed by atoms with E-state index in [1.807, 2.05) is 30.5 Å². The fourth-order valence-electron chi connectivity index (χ4n) is 2.99. The number of aromatic nitrogens is 4. The Balaban J connectivity index is 1.69. The molecule has 0 saturated carbocycles. The van der Waals surface area contributed by atoms with Crippen molar-refractivity contribution in [1.82, 2.24) is 20.2 Å². The van der Waals surface area contributed by atoms with E-state index < -0.39 is 0 Å². The average Bonchev–Trinajstić information content (AvgIpc) is 3.23. The first kappa shape index (κ1) is 15.8. The van der Waals surface area contributed by atoms with E-state index in [-0.39, 0.29) is 11.8 Å². The Bertz CT molecular complexity index is 973. The van der Waals surface area contributed by atoms with Crippen LogP contribution in [0, 0.1) is 12.8 Å². The standard InChI is InChI=1S/C17H18N6OS/c1-9-8-13(23-22-9)20-17-14-12(6-7-25-14)19-16(21-17)11-4-2-10(3-5-11)15(18)24/h4,6-8,10H,2-3,5H2,1H3,(H2,18,24)(H2,19,20,21,22,23). The molecule has 3 aromatic heterocycles. The van der Waals surface area contributed by atoms with E-state index in [0.717, 1.165) is 46.0 Å². The molecule has 8 heteroatoms. The molecule has 0 saturated heterocycles. The van der Waals surface area contributed by atoms with Gasteiger partial charge in [0.25, 0.3) is 0 Å². The molecule has 0 spiro atoms. The highest BCUT2D eigenvalue weighted by atomic mass is 32.1. The first-order valence-corrected chi connectivity index (χ1v) is 9.01. The number of carbonyl (C=O) groups is 1. The number of fused-ring (bicyclic) bond motifs is 1. The second-order valence-electron chi connectivity index (χ2n) is 6.20. The van der Waals surface area contributed by atoms with Gasteiger partial charge < -0.3 is 11.1 Å². The second-order valence-corrected chi connectivity index (χ2v) is 7.11. The van der Waals surface area contributed by atoms with Crippen LogP contribution in [0.1, 0.15) is 30.8 Å². The lowest BCUT2D eigenvalue weighted by Gasteiger charge is -2.18. The normalized spacial score (nSPS) is 17.5. The number of rotatable bonds is 4. The van der Waals surface area contributed by atoms with Crippen LogP contribution < -0.4 is 11.1 Å². The van der Waals surface area contributed by atoms with Crippen LogP contribution >= 0.6 is 11.3 Å². The molecule has 0 aliphatic heterocycles. The van der Waals surface area contributed by atoms with Crippen molar-refractivity contribution in [2.75, 3.05) is 5.32 Å². The van der Waals surface area contributed by atoms with Crippen molar-refractivity contribution in [2.45, 2.75) is 26.2 Å². The van der Waals surface area contributed by atoms with Gasteiger partial charge in [-0.15, -0.1) is 11.3 Å². The lowest BCUT2D eigenvalue weighted by atomic mass is 9.89. The number of aromatic amines is 1. The van der Waals surface area contributed by atoms with Gasteiger partial charge in [-0.1, -0.05) is 6.08 Å². The number of hydrogen-bond acceptors (Lipinski definition) is 6. The zero-order chi connectivity index (χ0) is 17.4. The highest BCUT2D eigenvalue weighted by molar-refractivity contribution is 7.17. The Morgan fingerprint density at radius 1 is 1.44 bits per heavy atom. The van der Waals surface area contributed by atoms with Gasteiger partial charge in [0.2, 0.25) is 5.91 Å². The molecule has 0 aromatic carbocycles.